The summed E-state index contributed by atoms with van der Waals surface area (Å²) in [7, 11) is 0. The molecular weight excluding hydrogens is 545 g/mol. The van der Waals surface area contributed by atoms with Gasteiger partial charge in [0.25, 0.3) is 0 Å². The fourth-order valence-corrected chi connectivity index (χ4v) is 7.22. The van der Waals surface area contributed by atoms with Crippen molar-refractivity contribution in [3.63, 3.8) is 0 Å². The fourth-order valence-electron chi connectivity index (χ4n) is 6.15. The zero-order valence-corrected chi connectivity index (χ0v) is 26.5. The van der Waals surface area contributed by atoms with Gasteiger partial charge in [0, 0.05) is 46.1 Å². The van der Waals surface area contributed by atoms with Crippen LogP contribution in [-0.4, -0.2) is 58.7 Å². The van der Waals surface area contributed by atoms with E-state index in [1.165, 1.54) is 32.0 Å². The third kappa shape index (κ3) is 6.73. The molecule has 5 heteroatoms. The smallest absolute Gasteiger partial charge is 0.132 e. The molecule has 43 heavy (non-hydrogen) atoms. The molecule has 4 aromatic carbocycles. The van der Waals surface area contributed by atoms with Gasteiger partial charge in [-0.2, -0.15) is 0 Å². The first-order valence-electron chi connectivity index (χ1n) is 15.6. The van der Waals surface area contributed by atoms with E-state index in [1.54, 1.807) is 0 Å². The van der Waals surface area contributed by atoms with E-state index < -0.39 is 0 Å². The van der Waals surface area contributed by atoms with Crippen LogP contribution in [0.5, 0.6) is 0 Å². The number of nitrogens with zero attached hydrogens (tertiary/aromatic N) is 4. The highest BCUT2D eigenvalue weighted by Gasteiger charge is 2.31. The van der Waals surface area contributed by atoms with E-state index in [-0.39, 0.29) is 12.1 Å². The molecule has 2 atom stereocenters. The first-order chi connectivity index (χ1) is 21.0. The Bertz CT molecular complexity index is 1460. The Morgan fingerprint density at radius 3 is 1.33 bits per heavy atom. The van der Waals surface area contributed by atoms with Crippen LogP contribution in [0.2, 0.25) is 0 Å². The standard InChI is InChI=1S/C38H42N4S/c1-27(2)41-25-31(23-29-15-7-5-8-16-29)39-37(41)33-19-11-13-21-35(33)43-36-22-14-12-20-34(36)38-40-32(26-42(38)28(3)4)24-30-17-9-6-10-18-30/h5-22,27-28,31-32H,23-26H2,1-4H3/t31-,32-/m0/s1. The van der Waals surface area contributed by atoms with Crippen molar-refractivity contribution in [1.29, 1.82) is 0 Å². The van der Waals surface area contributed by atoms with Gasteiger partial charge in [-0.3, -0.25) is 9.98 Å². The summed E-state index contributed by atoms with van der Waals surface area (Å²) in [5.41, 5.74) is 5.11. The zero-order valence-electron chi connectivity index (χ0n) is 25.7. The molecule has 0 aromatic heterocycles. The number of benzene rings is 4. The van der Waals surface area contributed by atoms with Crippen molar-refractivity contribution in [3.05, 3.63) is 131 Å². The van der Waals surface area contributed by atoms with Gasteiger partial charge >= 0.3 is 0 Å². The van der Waals surface area contributed by atoms with Crippen molar-refractivity contribution in [3.8, 4) is 0 Å². The van der Waals surface area contributed by atoms with Crippen molar-refractivity contribution in [1.82, 2.24) is 9.80 Å². The van der Waals surface area contributed by atoms with E-state index in [4.69, 9.17) is 9.98 Å². The normalized spacial score (nSPS) is 18.5. The fraction of sp³-hybridized carbons (Fsp3) is 0.316. The Labute approximate surface area is 261 Å². The molecule has 6 rings (SSSR count). The highest BCUT2D eigenvalue weighted by Crippen LogP contribution is 2.36. The summed E-state index contributed by atoms with van der Waals surface area (Å²) < 4.78 is 0. The van der Waals surface area contributed by atoms with Crippen LogP contribution < -0.4 is 0 Å². The summed E-state index contributed by atoms with van der Waals surface area (Å²) in [5.74, 6) is 2.22. The van der Waals surface area contributed by atoms with Gasteiger partial charge in [-0.15, -0.1) is 0 Å². The largest absolute Gasteiger partial charge is 0.352 e. The molecule has 2 aliphatic heterocycles. The molecule has 4 aromatic rings. The number of aliphatic imine (C=N–C) groups is 2. The van der Waals surface area contributed by atoms with Crippen LogP contribution in [0.3, 0.4) is 0 Å². The second kappa shape index (κ2) is 13.2. The van der Waals surface area contributed by atoms with Crippen LogP contribution in [-0.2, 0) is 12.8 Å². The lowest BCUT2D eigenvalue weighted by Crippen LogP contribution is -2.36. The van der Waals surface area contributed by atoms with Crippen molar-refractivity contribution in [2.45, 2.75) is 74.5 Å². The maximum atomic E-state index is 5.34. The molecule has 220 valence electrons. The van der Waals surface area contributed by atoms with Crippen molar-refractivity contribution in [2.75, 3.05) is 13.1 Å². The lowest BCUT2D eigenvalue weighted by Gasteiger charge is -2.27. The lowest BCUT2D eigenvalue weighted by atomic mass is 10.1. The summed E-state index contributed by atoms with van der Waals surface area (Å²) in [6.45, 7) is 11.0. The van der Waals surface area contributed by atoms with E-state index in [2.05, 4.69) is 147 Å². The Morgan fingerprint density at radius 1 is 0.558 bits per heavy atom. The maximum absolute atomic E-state index is 5.34. The summed E-state index contributed by atoms with van der Waals surface area (Å²) in [6.07, 6.45) is 1.92. The van der Waals surface area contributed by atoms with Gasteiger partial charge in [-0.05, 0) is 63.8 Å². The third-order valence-electron chi connectivity index (χ3n) is 8.32. The summed E-state index contributed by atoms with van der Waals surface area (Å²) in [4.78, 5) is 18.1. The van der Waals surface area contributed by atoms with Crippen molar-refractivity contribution < 1.29 is 0 Å². The molecule has 0 spiro atoms. The molecular formula is C38H42N4S. The molecule has 4 nitrogen and oxygen atoms in total. The maximum Gasteiger partial charge on any atom is 0.132 e. The lowest BCUT2D eigenvalue weighted by molar-refractivity contribution is 0.356. The number of hydrogen-bond donors (Lipinski definition) is 0. The number of rotatable bonds is 10. The Hall–Kier alpha value is -3.83. The predicted molar refractivity (Wildman–Crippen MR) is 182 cm³/mol. The molecule has 0 amide bonds. The van der Waals surface area contributed by atoms with Gasteiger partial charge in [0.2, 0.25) is 0 Å². The highest BCUT2D eigenvalue weighted by atomic mass is 32.2. The van der Waals surface area contributed by atoms with Crippen LogP contribution in [0.4, 0.5) is 0 Å². The van der Waals surface area contributed by atoms with Crippen LogP contribution in [0, 0.1) is 0 Å². The molecule has 0 saturated heterocycles. The molecule has 0 unspecified atom stereocenters. The molecule has 0 N–H and O–H groups in total. The molecule has 2 heterocycles. The SMILES string of the molecule is CC(C)N1C[C@H](Cc2ccccc2)N=C1c1ccccc1Sc1ccccc1C1=N[C@@H](Cc2ccccc2)CN1C(C)C. The van der Waals surface area contributed by atoms with Crippen LogP contribution in [0.15, 0.2) is 129 Å². The third-order valence-corrected chi connectivity index (χ3v) is 9.47. The Balaban J connectivity index is 1.31. The summed E-state index contributed by atoms with van der Waals surface area (Å²) >= 11 is 1.84. The zero-order chi connectivity index (χ0) is 29.8. The average Bonchev–Trinajstić information content (AvgIpc) is 3.64. The first kappa shape index (κ1) is 29.3. The van der Waals surface area contributed by atoms with Gasteiger partial charge in [0.1, 0.15) is 11.7 Å². The minimum absolute atomic E-state index is 0.249. The summed E-state index contributed by atoms with van der Waals surface area (Å²) in [5, 5.41) is 0. The van der Waals surface area contributed by atoms with E-state index in [0.717, 1.165) is 37.6 Å². The highest BCUT2D eigenvalue weighted by molar-refractivity contribution is 7.99. The van der Waals surface area contributed by atoms with E-state index in [9.17, 15) is 0 Å². The Kier molecular flexibility index (Phi) is 8.99. The number of hydrogen-bond acceptors (Lipinski definition) is 5. The van der Waals surface area contributed by atoms with Crippen molar-refractivity contribution >= 4 is 23.4 Å². The van der Waals surface area contributed by atoms with E-state index >= 15 is 0 Å². The van der Waals surface area contributed by atoms with E-state index in [0.29, 0.717) is 12.1 Å². The molecule has 0 fully saturated rings. The van der Waals surface area contributed by atoms with Gasteiger partial charge in [0.15, 0.2) is 0 Å². The Morgan fingerprint density at radius 2 is 0.930 bits per heavy atom. The minimum atomic E-state index is 0.249. The second-order valence-corrected chi connectivity index (χ2v) is 13.3. The summed E-state index contributed by atoms with van der Waals surface area (Å²) in [6, 6.07) is 40.3. The monoisotopic (exact) mass is 586 g/mol. The molecule has 0 bridgehead atoms. The van der Waals surface area contributed by atoms with Crippen molar-refractivity contribution in [2.24, 2.45) is 9.98 Å². The van der Waals surface area contributed by atoms with Gasteiger partial charge in [-0.1, -0.05) is 109 Å². The minimum Gasteiger partial charge on any atom is -0.352 e. The average molecular weight is 587 g/mol. The number of amidine groups is 2. The molecule has 0 radical (unpaired) electrons. The molecule has 0 aliphatic carbocycles. The topological polar surface area (TPSA) is 31.2 Å². The van der Waals surface area contributed by atoms with Crippen LogP contribution >= 0.6 is 11.8 Å². The molecule has 2 aliphatic rings. The van der Waals surface area contributed by atoms with Crippen LogP contribution in [0.1, 0.15) is 49.9 Å². The van der Waals surface area contributed by atoms with Crippen LogP contribution in [0.25, 0.3) is 0 Å². The second-order valence-electron chi connectivity index (χ2n) is 12.2. The first-order valence-corrected chi connectivity index (χ1v) is 16.4. The van der Waals surface area contributed by atoms with Gasteiger partial charge in [0.05, 0.1) is 12.1 Å². The molecule has 0 saturated carbocycles. The quantitative estimate of drug-likeness (QED) is 0.189. The van der Waals surface area contributed by atoms with E-state index in [1.807, 2.05) is 11.8 Å². The van der Waals surface area contributed by atoms with Gasteiger partial charge < -0.3 is 9.80 Å². The van der Waals surface area contributed by atoms with Gasteiger partial charge in [-0.25, -0.2) is 0 Å². The predicted octanol–water partition coefficient (Wildman–Crippen LogP) is 8.00.